The number of aryl methyl sites for hydroxylation is 1. The molecule has 11 nitrogen and oxygen atoms in total. The number of nitrogens with zero attached hydrogens (tertiary/aromatic N) is 4. The molecule has 0 saturated heterocycles. The van der Waals surface area contributed by atoms with Gasteiger partial charge in [-0.2, -0.15) is 0 Å². The van der Waals surface area contributed by atoms with E-state index in [-0.39, 0.29) is 27.8 Å². The average molecular weight is 481 g/mol. The van der Waals surface area contributed by atoms with Gasteiger partial charge in [-0.3, -0.25) is 14.8 Å². The highest BCUT2D eigenvalue weighted by atomic mass is 32.2. The van der Waals surface area contributed by atoms with Crippen LogP contribution in [0, 0.1) is 10.1 Å². The van der Waals surface area contributed by atoms with Gasteiger partial charge >= 0.3 is 0 Å². The number of nitrogens with one attached hydrogen (secondary N) is 1. The number of hydrogen-bond acceptors (Lipinski definition) is 8. The summed E-state index contributed by atoms with van der Waals surface area (Å²) in [6.45, 7) is 0. The predicted octanol–water partition coefficient (Wildman–Crippen LogP) is 5.02. The number of anilines is 1. The molecule has 0 atom stereocenters. The Balaban J connectivity index is 1.72. The first-order valence-electron chi connectivity index (χ1n) is 9.85. The number of ether oxygens (including phenoxy) is 1. The van der Waals surface area contributed by atoms with Gasteiger partial charge in [-0.25, -0.2) is 8.42 Å². The van der Waals surface area contributed by atoms with Gasteiger partial charge in [0.2, 0.25) is 5.88 Å². The predicted molar refractivity (Wildman–Crippen MR) is 126 cm³/mol. The van der Waals surface area contributed by atoms with Crippen molar-refractivity contribution in [2.24, 2.45) is 17.3 Å². The molecule has 4 aromatic rings. The van der Waals surface area contributed by atoms with Crippen LogP contribution in [-0.2, 0) is 17.1 Å². The van der Waals surface area contributed by atoms with Crippen LogP contribution in [0.3, 0.4) is 0 Å². The lowest BCUT2D eigenvalue weighted by atomic mass is 10.2. The summed E-state index contributed by atoms with van der Waals surface area (Å²) in [5.74, 6) is 0.133. The molecule has 0 amide bonds. The number of fused-ring (bicyclic) bond motifs is 1. The first-order valence-corrected chi connectivity index (χ1v) is 11.3. The molecule has 1 aromatic heterocycles. The van der Waals surface area contributed by atoms with E-state index in [9.17, 15) is 23.6 Å². The van der Waals surface area contributed by atoms with Gasteiger partial charge < -0.3 is 14.4 Å². The van der Waals surface area contributed by atoms with Crippen LogP contribution in [0.1, 0.15) is 0 Å². The Morgan fingerprint density at radius 1 is 1.06 bits per heavy atom. The number of azo groups is 1. The lowest BCUT2D eigenvalue weighted by Gasteiger charge is -2.11. The van der Waals surface area contributed by atoms with Gasteiger partial charge in [0, 0.05) is 18.5 Å². The van der Waals surface area contributed by atoms with Crippen LogP contribution < -0.4 is 9.46 Å². The van der Waals surface area contributed by atoms with Crippen LogP contribution in [0.5, 0.6) is 11.6 Å². The number of nitro groups is 1. The zero-order valence-electron chi connectivity index (χ0n) is 18.0. The maximum Gasteiger partial charge on any atom is 0.298 e. The van der Waals surface area contributed by atoms with Gasteiger partial charge in [0.05, 0.1) is 28.1 Å². The van der Waals surface area contributed by atoms with E-state index in [4.69, 9.17) is 4.74 Å². The average Bonchev–Trinajstić information content (AvgIpc) is 3.07. The minimum absolute atomic E-state index is 0.141. The molecule has 34 heavy (non-hydrogen) atoms. The fourth-order valence-corrected chi connectivity index (χ4v) is 4.49. The summed E-state index contributed by atoms with van der Waals surface area (Å²) in [5, 5.41) is 30.6. The third-order valence-electron chi connectivity index (χ3n) is 5.11. The molecule has 12 heteroatoms. The molecular formula is C22H19N5O6S. The van der Waals surface area contributed by atoms with Crippen LogP contribution in [-0.4, -0.2) is 30.1 Å². The second-order valence-corrected chi connectivity index (χ2v) is 8.84. The van der Waals surface area contributed by atoms with Crippen molar-refractivity contribution in [2.75, 3.05) is 11.8 Å². The Morgan fingerprint density at radius 3 is 2.50 bits per heavy atom. The number of para-hydroxylation sites is 3. The van der Waals surface area contributed by atoms with Crippen molar-refractivity contribution >= 4 is 43.7 Å². The minimum atomic E-state index is -4.17. The highest BCUT2D eigenvalue weighted by Gasteiger charge is 2.23. The topological polar surface area (TPSA) is 148 Å². The van der Waals surface area contributed by atoms with E-state index in [1.807, 2.05) is 0 Å². The number of nitro benzene ring substituents is 1. The minimum Gasteiger partial charge on any atom is -0.495 e. The van der Waals surface area contributed by atoms with Crippen LogP contribution in [0.2, 0.25) is 0 Å². The first kappa shape index (κ1) is 22.7. The molecular weight excluding hydrogens is 462 g/mol. The first-order chi connectivity index (χ1) is 16.2. The highest BCUT2D eigenvalue weighted by Crippen LogP contribution is 2.40. The van der Waals surface area contributed by atoms with E-state index in [1.54, 1.807) is 49.5 Å². The van der Waals surface area contributed by atoms with Crippen molar-refractivity contribution < 1.29 is 23.2 Å². The summed E-state index contributed by atoms with van der Waals surface area (Å²) in [6.07, 6.45) is 0. The van der Waals surface area contributed by atoms with Crippen molar-refractivity contribution in [2.45, 2.75) is 4.90 Å². The van der Waals surface area contributed by atoms with Crippen molar-refractivity contribution in [3.05, 3.63) is 76.8 Å². The summed E-state index contributed by atoms with van der Waals surface area (Å²) < 4.78 is 34.7. The van der Waals surface area contributed by atoms with Crippen molar-refractivity contribution in [1.82, 2.24) is 4.57 Å². The Hall–Kier alpha value is -4.45. The standard InChI is InChI=1S/C22H19N5O6S/c1-26-18-9-5-3-7-15(18)21(22(26)28)24-23-16-12-11-14(13-19(16)27(29)30)34(31,32)25-17-8-4-6-10-20(17)33-2/h3-13,25,28H,1-2H3. The maximum absolute atomic E-state index is 12.8. The lowest BCUT2D eigenvalue weighted by molar-refractivity contribution is -0.384. The largest absolute Gasteiger partial charge is 0.495 e. The molecule has 0 fully saturated rings. The van der Waals surface area contributed by atoms with Gasteiger partial charge in [0.1, 0.15) is 5.75 Å². The summed E-state index contributed by atoms with van der Waals surface area (Å²) in [5.41, 5.74) is 0.289. The Kier molecular flexibility index (Phi) is 5.90. The quantitative estimate of drug-likeness (QED) is 0.215. The monoisotopic (exact) mass is 481 g/mol. The Labute approximate surface area is 194 Å². The number of sulfonamides is 1. The van der Waals surface area contributed by atoms with E-state index in [1.165, 1.54) is 29.9 Å². The lowest BCUT2D eigenvalue weighted by Crippen LogP contribution is -2.13. The number of aromatic hydroxyl groups is 1. The van der Waals surface area contributed by atoms with Crippen molar-refractivity contribution in [3.8, 4) is 11.6 Å². The zero-order chi connectivity index (χ0) is 24.5. The summed E-state index contributed by atoms with van der Waals surface area (Å²) in [7, 11) is -1.13. The number of benzene rings is 3. The molecule has 0 unspecified atom stereocenters. The number of rotatable bonds is 7. The summed E-state index contributed by atoms with van der Waals surface area (Å²) in [4.78, 5) is 10.6. The molecule has 0 aliphatic carbocycles. The molecule has 0 aliphatic rings. The third kappa shape index (κ3) is 4.13. The van der Waals surface area contributed by atoms with E-state index in [2.05, 4.69) is 15.0 Å². The third-order valence-corrected chi connectivity index (χ3v) is 6.48. The molecule has 4 rings (SSSR count). The van der Waals surface area contributed by atoms with Crippen LogP contribution >= 0.6 is 0 Å². The van der Waals surface area contributed by atoms with Gasteiger partial charge in [-0.15, -0.1) is 10.2 Å². The fraction of sp³-hybridized carbons (Fsp3) is 0.0909. The van der Waals surface area contributed by atoms with Gasteiger partial charge in [0.25, 0.3) is 15.7 Å². The van der Waals surface area contributed by atoms with E-state index in [0.717, 1.165) is 6.07 Å². The second-order valence-electron chi connectivity index (χ2n) is 7.16. The molecule has 2 N–H and O–H groups in total. The molecule has 0 spiro atoms. The van der Waals surface area contributed by atoms with Crippen LogP contribution in [0.4, 0.5) is 22.7 Å². The van der Waals surface area contributed by atoms with Gasteiger partial charge in [-0.05, 0) is 30.3 Å². The van der Waals surface area contributed by atoms with Crippen molar-refractivity contribution in [3.63, 3.8) is 0 Å². The van der Waals surface area contributed by atoms with Gasteiger partial charge in [0.15, 0.2) is 11.4 Å². The summed E-state index contributed by atoms with van der Waals surface area (Å²) >= 11 is 0. The maximum atomic E-state index is 12.8. The molecule has 0 aliphatic heterocycles. The molecule has 0 radical (unpaired) electrons. The van der Waals surface area contributed by atoms with Crippen LogP contribution in [0.25, 0.3) is 10.9 Å². The van der Waals surface area contributed by atoms with E-state index in [0.29, 0.717) is 16.7 Å². The second kappa shape index (κ2) is 8.83. The number of aromatic nitrogens is 1. The smallest absolute Gasteiger partial charge is 0.298 e. The molecule has 0 saturated carbocycles. The molecule has 174 valence electrons. The van der Waals surface area contributed by atoms with E-state index < -0.39 is 20.6 Å². The fourth-order valence-electron chi connectivity index (χ4n) is 3.40. The Bertz CT molecular complexity index is 1540. The SMILES string of the molecule is COc1ccccc1NS(=O)(=O)c1ccc(N=Nc2c(O)n(C)c3ccccc23)c([N+](=O)[O-])c1. The van der Waals surface area contributed by atoms with Gasteiger partial charge in [-0.1, -0.05) is 30.3 Å². The normalized spacial score (nSPS) is 11.7. The van der Waals surface area contributed by atoms with Crippen LogP contribution in [0.15, 0.2) is 81.9 Å². The summed E-state index contributed by atoms with van der Waals surface area (Å²) in [6, 6.07) is 16.7. The molecule has 0 bridgehead atoms. The highest BCUT2D eigenvalue weighted by molar-refractivity contribution is 7.92. The number of hydrogen-bond donors (Lipinski definition) is 2. The molecule has 3 aromatic carbocycles. The number of methoxy groups -OCH3 is 1. The van der Waals surface area contributed by atoms with Crippen molar-refractivity contribution in [1.29, 1.82) is 0 Å². The molecule has 1 heterocycles. The van der Waals surface area contributed by atoms with E-state index >= 15 is 0 Å². The zero-order valence-corrected chi connectivity index (χ0v) is 18.9. The Morgan fingerprint density at radius 2 is 1.76 bits per heavy atom.